The average Bonchev–Trinajstić information content (AvgIpc) is 3.22. The quantitative estimate of drug-likeness (QED) is 0.342. The Hall–Kier alpha value is -2.61. The smallest absolute Gasteiger partial charge is 0.262 e. The third kappa shape index (κ3) is 5.36. The molecule has 0 unspecified atom stereocenters. The SMILES string of the molecule is O=C(CCCCCn1c(=S)[nH]c2cc3c(cc2c1=O)OCO3)NCCC1=CCCCC1. The number of carbonyl (C=O) groups is 1. The van der Waals surface area contributed by atoms with Gasteiger partial charge in [0, 0.05) is 25.6 Å². The van der Waals surface area contributed by atoms with Crippen molar-refractivity contribution in [1.82, 2.24) is 14.9 Å². The number of amides is 1. The first-order valence-corrected chi connectivity index (χ1v) is 11.5. The topological polar surface area (TPSA) is 85.4 Å². The van der Waals surface area contributed by atoms with Crippen LogP contribution >= 0.6 is 12.2 Å². The van der Waals surface area contributed by atoms with Crippen molar-refractivity contribution in [2.24, 2.45) is 0 Å². The minimum Gasteiger partial charge on any atom is -0.454 e. The van der Waals surface area contributed by atoms with Crippen LogP contribution in [0.5, 0.6) is 11.5 Å². The molecule has 0 bridgehead atoms. The average molecular weight is 444 g/mol. The summed E-state index contributed by atoms with van der Waals surface area (Å²) in [7, 11) is 0. The van der Waals surface area contributed by atoms with E-state index in [1.165, 1.54) is 31.3 Å². The third-order valence-electron chi connectivity index (χ3n) is 5.91. The number of carbonyl (C=O) groups excluding carboxylic acids is 1. The lowest BCUT2D eigenvalue weighted by Crippen LogP contribution is -2.24. The van der Waals surface area contributed by atoms with Crippen LogP contribution in [0.25, 0.3) is 10.9 Å². The molecule has 0 saturated heterocycles. The number of aromatic amines is 1. The van der Waals surface area contributed by atoms with Gasteiger partial charge >= 0.3 is 0 Å². The van der Waals surface area contributed by atoms with Crippen molar-refractivity contribution in [3.8, 4) is 11.5 Å². The van der Waals surface area contributed by atoms with Gasteiger partial charge in [-0.1, -0.05) is 18.1 Å². The van der Waals surface area contributed by atoms with Gasteiger partial charge in [0.05, 0.1) is 10.9 Å². The van der Waals surface area contributed by atoms with Gasteiger partial charge in [-0.3, -0.25) is 14.2 Å². The van der Waals surface area contributed by atoms with E-state index < -0.39 is 0 Å². The highest BCUT2D eigenvalue weighted by molar-refractivity contribution is 7.71. The maximum absolute atomic E-state index is 12.9. The van der Waals surface area contributed by atoms with E-state index in [1.807, 2.05) is 0 Å². The number of rotatable bonds is 9. The number of H-pyrrole nitrogens is 1. The van der Waals surface area contributed by atoms with Crippen LogP contribution in [-0.2, 0) is 11.3 Å². The van der Waals surface area contributed by atoms with Crippen LogP contribution in [0.15, 0.2) is 28.6 Å². The molecule has 0 radical (unpaired) electrons. The lowest BCUT2D eigenvalue weighted by atomic mass is 9.97. The number of unbranched alkanes of at least 4 members (excludes halogenated alkanes) is 2. The molecule has 4 rings (SSSR count). The Morgan fingerprint density at radius 3 is 2.81 bits per heavy atom. The van der Waals surface area contributed by atoms with Gasteiger partial charge in [0.1, 0.15) is 0 Å². The van der Waals surface area contributed by atoms with Gasteiger partial charge in [0.2, 0.25) is 12.7 Å². The maximum atomic E-state index is 12.9. The third-order valence-corrected chi connectivity index (χ3v) is 6.24. The summed E-state index contributed by atoms with van der Waals surface area (Å²) in [6.07, 6.45) is 11.2. The van der Waals surface area contributed by atoms with Crippen molar-refractivity contribution in [3.63, 3.8) is 0 Å². The Bertz CT molecular complexity index is 1100. The summed E-state index contributed by atoms with van der Waals surface area (Å²) in [4.78, 5) is 28.0. The Kier molecular flexibility index (Phi) is 7.06. The fourth-order valence-corrected chi connectivity index (χ4v) is 4.44. The van der Waals surface area contributed by atoms with E-state index in [4.69, 9.17) is 21.7 Å². The number of hydrogen-bond donors (Lipinski definition) is 2. The maximum Gasteiger partial charge on any atom is 0.262 e. The molecule has 0 spiro atoms. The van der Waals surface area contributed by atoms with Gasteiger partial charge in [-0.05, 0) is 63.2 Å². The van der Waals surface area contributed by atoms with Crippen LogP contribution < -0.4 is 20.3 Å². The molecule has 2 aliphatic rings. The van der Waals surface area contributed by atoms with Crippen molar-refractivity contribution in [2.45, 2.75) is 64.3 Å². The Morgan fingerprint density at radius 1 is 1.16 bits per heavy atom. The molecule has 31 heavy (non-hydrogen) atoms. The summed E-state index contributed by atoms with van der Waals surface area (Å²) < 4.78 is 12.7. The highest BCUT2D eigenvalue weighted by atomic mass is 32.1. The van der Waals surface area contributed by atoms with Crippen molar-refractivity contribution in [3.05, 3.63) is 38.9 Å². The van der Waals surface area contributed by atoms with Gasteiger partial charge in [0.25, 0.3) is 5.56 Å². The lowest BCUT2D eigenvalue weighted by Gasteiger charge is -2.13. The lowest BCUT2D eigenvalue weighted by molar-refractivity contribution is -0.121. The van der Waals surface area contributed by atoms with Gasteiger partial charge in [-0.25, -0.2) is 0 Å². The summed E-state index contributed by atoms with van der Waals surface area (Å²) >= 11 is 5.38. The molecule has 2 N–H and O–H groups in total. The van der Waals surface area contributed by atoms with E-state index in [9.17, 15) is 9.59 Å². The predicted molar refractivity (Wildman–Crippen MR) is 122 cm³/mol. The monoisotopic (exact) mass is 443 g/mol. The number of ether oxygens (including phenoxy) is 2. The second-order valence-corrected chi connectivity index (χ2v) is 8.54. The summed E-state index contributed by atoms with van der Waals surface area (Å²) in [6, 6.07) is 3.46. The molecule has 2 aromatic rings. The Labute approximate surface area is 186 Å². The normalized spacial score (nSPS) is 15.2. The zero-order valence-corrected chi connectivity index (χ0v) is 18.5. The zero-order valence-electron chi connectivity index (χ0n) is 17.7. The first-order valence-electron chi connectivity index (χ1n) is 11.1. The van der Waals surface area contributed by atoms with Crippen molar-refractivity contribution in [2.75, 3.05) is 13.3 Å². The van der Waals surface area contributed by atoms with E-state index in [0.29, 0.717) is 40.1 Å². The van der Waals surface area contributed by atoms with Crippen molar-refractivity contribution >= 4 is 29.0 Å². The summed E-state index contributed by atoms with van der Waals surface area (Å²) in [6.45, 7) is 1.41. The van der Waals surface area contributed by atoms with Crippen LogP contribution in [0.2, 0.25) is 0 Å². The number of nitrogens with zero attached hydrogens (tertiary/aromatic N) is 1. The zero-order chi connectivity index (χ0) is 21.6. The van der Waals surface area contributed by atoms with Crippen LogP contribution in [0.4, 0.5) is 0 Å². The standard InChI is InChI=1S/C23H29N3O4S/c27-21(24-11-10-16-7-3-1-4-8-16)9-5-2-6-12-26-22(28)17-13-19-20(30-15-29-19)14-18(17)25-23(26)31/h7,13-14H,1-6,8-12,15H2,(H,24,27)(H,25,31). The fraction of sp³-hybridized carbons (Fsp3) is 0.522. The number of nitrogens with one attached hydrogen (secondary N) is 2. The van der Waals surface area contributed by atoms with Crippen molar-refractivity contribution in [1.29, 1.82) is 0 Å². The van der Waals surface area contributed by atoms with Crippen molar-refractivity contribution < 1.29 is 14.3 Å². The molecular weight excluding hydrogens is 414 g/mol. The van der Waals surface area contributed by atoms with Gasteiger partial charge in [-0.15, -0.1) is 0 Å². The number of hydrogen-bond acceptors (Lipinski definition) is 5. The van der Waals surface area contributed by atoms with E-state index in [-0.39, 0.29) is 18.3 Å². The molecule has 1 aliphatic heterocycles. The first kappa shape index (κ1) is 21.6. The van der Waals surface area contributed by atoms with Crippen LogP contribution in [0.3, 0.4) is 0 Å². The minimum absolute atomic E-state index is 0.104. The van der Waals surface area contributed by atoms with Gasteiger partial charge < -0.3 is 19.8 Å². The molecule has 1 aromatic heterocycles. The second kappa shape index (κ2) is 10.1. The summed E-state index contributed by atoms with van der Waals surface area (Å²) in [5, 5.41) is 3.55. The fourth-order valence-electron chi connectivity index (χ4n) is 4.16. The largest absolute Gasteiger partial charge is 0.454 e. The molecule has 1 amide bonds. The Morgan fingerprint density at radius 2 is 2.00 bits per heavy atom. The molecule has 0 saturated carbocycles. The highest BCUT2D eigenvalue weighted by Gasteiger charge is 2.17. The Balaban J connectivity index is 1.23. The predicted octanol–water partition coefficient (Wildman–Crippen LogP) is 4.35. The van der Waals surface area contributed by atoms with E-state index in [1.54, 1.807) is 16.7 Å². The molecule has 8 heteroatoms. The van der Waals surface area contributed by atoms with E-state index in [0.717, 1.165) is 32.2 Å². The van der Waals surface area contributed by atoms with Gasteiger partial charge in [0.15, 0.2) is 16.3 Å². The molecule has 7 nitrogen and oxygen atoms in total. The summed E-state index contributed by atoms with van der Waals surface area (Å²) in [5.41, 5.74) is 2.00. The minimum atomic E-state index is -0.133. The number of allylic oxidation sites excluding steroid dienone is 1. The van der Waals surface area contributed by atoms with Crippen LogP contribution in [-0.4, -0.2) is 28.8 Å². The van der Waals surface area contributed by atoms with Crippen LogP contribution in [0, 0.1) is 4.77 Å². The summed E-state index contributed by atoms with van der Waals surface area (Å²) in [5.74, 6) is 1.30. The molecule has 166 valence electrons. The van der Waals surface area contributed by atoms with E-state index in [2.05, 4.69) is 16.4 Å². The molecule has 0 fully saturated rings. The van der Waals surface area contributed by atoms with Gasteiger partial charge in [-0.2, -0.15) is 0 Å². The molecule has 1 aliphatic carbocycles. The second-order valence-electron chi connectivity index (χ2n) is 8.16. The molecule has 1 aromatic carbocycles. The highest BCUT2D eigenvalue weighted by Crippen LogP contribution is 2.34. The number of fused-ring (bicyclic) bond motifs is 2. The van der Waals surface area contributed by atoms with E-state index >= 15 is 0 Å². The number of aromatic nitrogens is 2. The molecule has 2 heterocycles. The molecule has 0 atom stereocenters. The first-order chi connectivity index (χ1) is 15.1. The van der Waals surface area contributed by atoms with Crippen LogP contribution in [0.1, 0.15) is 57.8 Å². The molecular formula is C23H29N3O4S. The number of benzene rings is 1.